The smallest absolute Gasteiger partial charge is 0.0715 e. The second-order valence-corrected chi connectivity index (χ2v) is 6.54. The third-order valence-corrected chi connectivity index (χ3v) is 3.97. The first-order valence-electron chi connectivity index (χ1n) is 6.92. The molecule has 0 aliphatic carbocycles. The first kappa shape index (κ1) is 13.6. The van der Waals surface area contributed by atoms with E-state index in [0.29, 0.717) is 5.92 Å². The van der Waals surface area contributed by atoms with Gasteiger partial charge in [0.25, 0.3) is 0 Å². The van der Waals surface area contributed by atoms with E-state index in [2.05, 4.69) is 56.0 Å². The molecule has 0 bridgehead atoms. The summed E-state index contributed by atoms with van der Waals surface area (Å²) in [5.41, 5.74) is 1.41. The molecular weight excluding hydrogens is 222 g/mol. The van der Waals surface area contributed by atoms with Crippen molar-refractivity contribution in [3.05, 3.63) is 35.9 Å². The minimum absolute atomic E-state index is 0.0230. The molecule has 0 spiro atoms. The van der Waals surface area contributed by atoms with Gasteiger partial charge in [-0.05, 0) is 29.9 Å². The largest absolute Gasteiger partial charge is 0.391 e. The highest BCUT2D eigenvalue weighted by molar-refractivity contribution is 5.21. The van der Waals surface area contributed by atoms with E-state index in [1.54, 1.807) is 0 Å². The van der Waals surface area contributed by atoms with Crippen molar-refractivity contribution in [1.82, 2.24) is 4.90 Å². The maximum atomic E-state index is 10.2. The Morgan fingerprint density at radius 3 is 2.56 bits per heavy atom. The molecule has 1 heterocycles. The van der Waals surface area contributed by atoms with Crippen LogP contribution in [0.3, 0.4) is 0 Å². The molecule has 18 heavy (non-hydrogen) atoms. The van der Waals surface area contributed by atoms with E-state index in [9.17, 15) is 5.11 Å². The van der Waals surface area contributed by atoms with Crippen LogP contribution < -0.4 is 0 Å². The standard InChI is InChI=1S/C16H25NO/c1-16(2,3)15(18)12-17-10-9-14(11-17)13-7-5-4-6-8-13/h4-8,14-15,18H,9-12H2,1-3H3. The Bertz CT molecular complexity index is 368. The van der Waals surface area contributed by atoms with Crippen molar-refractivity contribution in [2.45, 2.75) is 39.2 Å². The SMILES string of the molecule is CC(C)(C)C(O)CN1CCC(c2ccccc2)C1. The zero-order valence-corrected chi connectivity index (χ0v) is 11.8. The van der Waals surface area contributed by atoms with E-state index in [1.165, 1.54) is 12.0 Å². The molecule has 0 saturated carbocycles. The number of nitrogens with zero attached hydrogens (tertiary/aromatic N) is 1. The maximum absolute atomic E-state index is 10.2. The summed E-state index contributed by atoms with van der Waals surface area (Å²) in [4.78, 5) is 2.40. The van der Waals surface area contributed by atoms with E-state index in [4.69, 9.17) is 0 Å². The molecule has 1 aromatic rings. The molecule has 0 aromatic heterocycles. The van der Waals surface area contributed by atoms with Gasteiger partial charge in [-0.1, -0.05) is 51.1 Å². The summed E-state index contributed by atoms with van der Waals surface area (Å²) in [7, 11) is 0. The van der Waals surface area contributed by atoms with Crippen LogP contribution in [0.25, 0.3) is 0 Å². The highest BCUT2D eigenvalue weighted by Gasteiger charge is 2.29. The predicted octanol–water partition coefficient (Wildman–Crippen LogP) is 2.88. The summed E-state index contributed by atoms with van der Waals surface area (Å²) >= 11 is 0. The van der Waals surface area contributed by atoms with Gasteiger partial charge in [-0.2, -0.15) is 0 Å². The van der Waals surface area contributed by atoms with Crippen LogP contribution in [-0.4, -0.2) is 35.7 Å². The van der Waals surface area contributed by atoms with Crippen LogP contribution in [0, 0.1) is 5.41 Å². The zero-order valence-electron chi connectivity index (χ0n) is 11.8. The number of hydrogen-bond acceptors (Lipinski definition) is 2. The molecule has 1 aromatic carbocycles. The molecular formula is C16H25NO. The van der Waals surface area contributed by atoms with Crippen LogP contribution in [-0.2, 0) is 0 Å². The number of likely N-dealkylation sites (tertiary alicyclic amines) is 1. The van der Waals surface area contributed by atoms with Gasteiger partial charge in [0.1, 0.15) is 0 Å². The normalized spacial score (nSPS) is 23.2. The van der Waals surface area contributed by atoms with Crippen molar-refractivity contribution in [3.63, 3.8) is 0 Å². The lowest BCUT2D eigenvalue weighted by Gasteiger charge is -2.29. The maximum Gasteiger partial charge on any atom is 0.0715 e. The molecule has 1 saturated heterocycles. The number of benzene rings is 1. The molecule has 2 unspecified atom stereocenters. The zero-order chi connectivity index (χ0) is 13.2. The molecule has 2 nitrogen and oxygen atoms in total. The minimum Gasteiger partial charge on any atom is -0.391 e. The molecule has 2 rings (SSSR count). The lowest BCUT2D eigenvalue weighted by molar-refractivity contribution is 0.0342. The van der Waals surface area contributed by atoms with Gasteiger partial charge in [-0.3, -0.25) is 0 Å². The van der Waals surface area contributed by atoms with E-state index in [-0.39, 0.29) is 11.5 Å². The molecule has 100 valence electrons. The van der Waals surface area contributed by atoms with Crippen molar-refractivity contribution >= 4 is 0 Å². The Kier molecular flexibility index (Phi) is 4.08. The number of rotatable bonds is 3. The Hall–Kier alpha value is -0.860. The number of aliphatic hydroxyl groups is 1. The highest BCUT2D eigenvalue weighted by Crippen LogP contribution is 2.28. The first-order chi connectivity index (χ1) is 8.47. The fourth-order valence-corrected chi connectivity index (χ4v) is 2.51. The Morgan fingerprint density at radius 1 is 1.28 bits per heavy atom. The van der Waals surface area contributed by atoms with Crippen LogP contribution in [0.15, 0.2) is 30.3 Å². The molecule has 1 aliphatic heterocycles. The van der Waals surface area contributed by atoms with Crippen LogP contribution in [0.5, 0.6) is 0 Å². The van der Waals surface area contributed by atoms with Crippen LogP contribution >= 0.6 is 0 Å². The summed E-state index contributed by atoms with van der Waals surface area (Å²) in [6.45, 7) is 9.28. The Morgan fingerprint density at radius 2 is 1.94 bits per heavy atom. The lowest BCUT2D eigenvalue weighted by Crippen LogP contribution is -2.38. The third kappa shape index (κ3) is 3.33. The van der Waals surface area contributed by atoms with Gasteiger partial charge >= 0.3 is 0 Å². The van der Waals surface area contributed by atoms with Gasteiger partial charge in [0, 0.05) is 13.1 Å². The molecule has 0 amide bonds. The second-order valence-electron chi connectivity index (χ2n) is 6.54. The highest BCUT2D eigenvalue weighted by atomic mass is 16.3. The van der Waals surface area contributed by atoms with Crippen molar-refractivity contribution in [2.75, 3.05) is 19.6 Å². The van der Waals surface area contributed by atoms with Crippen molar-refractivity contribution in [3.8, 4) is 0 Å². The molecule has 1 aliphatic rings. The van der Waals surface area contributed by atoms with E-state index >= 15 is 0 Å². The molecule has 2 atom stereocenters. The van der Waals surface area contributed by atoms with E-state index < -0.39 is 0 Å². The summed E-state index contributed by atoms with van der Waals surface area (Å²) in [6.07, 6.45) is 0.966. The fourth-order valence-electron chi connectivity index (χ4n) is 2.51. The molecule has 0 radical (unpaired) electrons. The lowest BCUT2D eigenvalue weighted by atomic mass is 9.89. The summed E-state index contributed by atoms with van der Waals surface area (Å²) < 4.78 is 0. The Balaban J connectivity index is 1.89. The number of aliphatic hydroxyl groups excluding tert-OH is 1. The van der Waals surface area contributed by atoms with Crippen molar-refractivity contribution < 1.29 is 5.11 Å². The second kappa shape index (κ2) is 5.41. The fraction of sp³-hybridized carbons (Fsp3) is 0.625. The average molecular weight is 247 g/mol. The summed E-state index contributed by atoms with van der Waals surface area (Å²) in [6, 6.07) is 10.7. The van der Waals surface area contributed by atoms with Gasteiger partial charge in [0.2, 0.25) is 0 Å². The number of hydrogen-bond donors (Lipinski definition) is 1. The van der Waals surface area contributed by atoms with Gasteiger partial charge in [0.05, 0.1) is 6.10 Å². The summed E-state index contributed by atoms with van der Waals surface area (Å²) in [5.74, 6) is 0.637. The van der Waals surface area contributed by atoms with Crippen molar-refractivity contribution in [1.29, 1.82) is 0 Å². The van der Waals surface area contributed by atoms with Gasteiger partial charge in [0.15, 0.2) is 0 Å². The van der Waals surface area contributed by atoms with E-state index in [1.807, 2.05) is 0 Å². The Labute approximate surface area is 111 Å². The van der Waals surface area contributed by atoms with E-state index in [0.717, 1.165) is 19.6 Å². The summed E-state index contributed by atoms with van der Waals surface area (Å²) in [5, 5.41) is 10.2. The van der Waals surface area contributed by atoms with Gasteiger partial charge in [-0.15, -0.1) is 0 Å². The van der Waals surface area contributed by atoms with Gasteiger partial charge in [-0.25, -0.2) is 0 Å². The average Bonchev–Trinajstić information content (AvgIpc) is 2.77. The van der Waals surface area contributed by atoms with Crippen molar-refractivity contribution in [2.24, 2.45) is 5.41 Å². The molecule has 1 fully saturated rings. The third-order valence-electron chi connectivity index (χ3n) is 3.97. The molecule has 2 heteroatoms. The first-order valence-corrected chi connectivity index (χ1v) is 6.92. The van der Waals surface area contributed by atoms with Gasteiger partial charge < -0.3 is 10.0 Å². The van der Waals surface area contributed by atoms with Crippen LogP contribution in [0.1, 0.15) is 38.7 Å². The minimum atomic E-state index is -0.243. The molecule has 1 N–H and O–H groups in total. The number of β-amino-alcohol motifs (C(OH)–C–C–N with tert-alkyl or cyclic N) is 1. The monoisotopic (exact) mass is 247 g/mol. The van der Waals surface area contributed by atoms with Crippen LogP contribution in [0.2, 0.25) is 0 Å². The van der Waals surface area contributed by atoms with Crippen LogP contribution in [0.4, 0.5) is 0 Å². The topological polar surface area (TPSA) is 23.5 Å². The predicted molar refractivity (Wildman–Crippen MR) is 75.7 cm³/mol. The quantitative estimate of drug-likeness (QED) is 0.888.